The van der Waals surface area contributed by atoms with E-state index < -0.39 is 0 Å². The van der Waals surface area contributed by atoms with E-state index in [0.29, 0.717) is 12.0 Å². The molecule has 1 aromatic carbocycles. The van der Waals surface area contributed by atoms with Gasteiger partial charge in [-0.15, -0.1) is 0 Å². The molecule has 0 aliphatic rings. The van der Waals surface area contributed by atoms with Crippen LogP contribution in [0.15, 0.2) is 24.3 Å². The van der Waals surface area contributed by atoms with Crippen LogP contribution in [-0.4, -0.2) is 19.8 Å². The zero-order chi connectivity index (χ0) is 11.3. The van der Waals surface area contributed by atoms with Crippen molar-refractivity contribution >= 4 is 28.3 Å². The Morgan fingerprint density at radius 3 is 2.53 bits per heavy atom. The van der Waals surface area contributed by atoms with E-state index in [1.165, 1.54) is 9.26 Å². The van der Waals surface area contributed by atoms with E-state index in [0.717, 1.165) is 6.61 Å². The maximum Gasteiger partial charge on any atom is 0.0666 e. The second kappa shape index (κ2) is 6.33. The molecule has 1 rings (SSSR count). The standard InChI is InChI=1S/C12H18INO/c1-9(2)12(8-15-3)14-11-7-5-4-6-10(11)13/h4-7,9,12,14H,8H2,1-3H3. The average molecular weight is 319 g/mol. The summed E-state index contributed by atoms with van der Waals surface area (Å²) in [5.74, 6) is 0.556. The summed E-state index contributed by atoms with van der Waals surface area (Å²) in [6.07, 6.45) is 0. The van der Waals surface area contributed by atoms with Gasteiger partial charge in [0.25, 0.3) is 0 Å². The number of hydrogen-bond donors (Lipinski definition) is 1. The van der Waals surface area contributed by atoms with Crippen LogP contribution in [0.1, 0.15) is 13.8 Å². The van der Waals surface area contributed by atoms with Gasteiger partial charge >= 0.3 is 0 Å². The molecule has 0 heterocycles. The Morgan fingerprint density at radius 2 is 2.00 bits per heavy atom. The van der Waals surface area contributed by atoms with Crippen LogP contribution < -0.4 is 5.32 Å². The quantitative estimate of drug-likeness (QED) is 0.840. The summed E-state index contributed by atoms with van der Waals surface area (Å²) in [6.45, 7) is 5.14. The van der Waals surface area contributed by atoms with E-state index in [4.69, 9.17) is 4.74 Å². The molecule has 0 bridgehead atoms. The van der Waals surface area contributed by atoms with Gasteiger partial charge in [-0.05, 0) is 40.6 Å². The second-order valence-corrected chi connectivity index (χ2v) is 5.09. The summed E-state index contributed by atoms with van der Waals surface area (Å²) in [5.41, 5.74) is 1.19. The minimum absolute atomic E-state index is 0.367. The lowest BCUT2D eigenvalue weighted by Crippen LogP contribution is -2.30. The highest BCUT2D eigenvalue weighted by Gasteiger charge is 2.13. The molecule has 0 amide bonds. The van der Waals surface area contributed by atoms with Gasteiger partial charge in [0, 0.05) is 16.4 Å². The average Bonchev–Trinajstić information content (AvgIpc) is 2.20. The normalized spacial score (nSPS) is 12.9. The lowest BCUT2D eigenvalue weighted by atomic mass is 10.1. The molecule has 1 N–H and O–H groups in total. The largest absolute Gasteiger partial charge is 0.383 e. The van der Waals surface area contributed by atoms with Crippen molar-refractivity contribution in [2.75, 3.05) is 19.0 Å². The molecule has 0 saturated carbocycles. The number of nitrogens with one attached hydrogen (secondary N) is 1. The molecule has 0 fully saturated rings. The summed E-state index contributed by atoms with van der Waals surface area (Å²) >= 11 is 2.34. The number of rotatable bonds is 5. The Labute approximate surface area is 106 Å². The number of methoxy groups -OCH3 is 1. The fraction of sp³-hybridized carbons (Fsp3) is 0.500. The lowest BCUT2D eigenvalue weighted by molar-refractivity contribution is 0.171. The van der Waals surface area contributed by atoms with Gasteiger partial charge in [-0.25, -0.2) is 0 Å². The van der Waals surface area contributed by atoms with E-state index in [2.05, 4.69) is 60.0 Å². The molecule has 0 aliphatic heterocycles. The Morgan fingerprint density at radius 1 is 1.33 bits per heavy atom. The Bertz CT molecular complexity index is 301. The fourth-order valence-corrected chi connectivity index (χ4v) is 1.90. The molecule has 15 heavy (non-hydrogen) atoms. The van der Waals surface area contributed by atoms with Gasteiger partial charge < -0.3 is 10.1 Å². The van der Waals surface area contributed by atoms with Gasteiger partial charge in [-0.3, -0.25) is 0 Å². The van der Waals surface area contributed by atoms with Crippen molar-refractivity contribution < 1.29 is 4.74 Å². The van der Waals surface area contributed by atoms with Crippen LogP contribution in [0, 0.1) is 9.49 Å². The topological polar surface area (TPSA) is 21.3 Å². The van der Waals surface area contributed by atoms with Crippen LogP contribution in [0.3, 0.4) is 0 Å². The van der Waals surface area contributed by atoms with Crippen LogP contribution in [-0.2, 0) is 4.74 Å². The van der Waals surface area contributed by atoms with Crippen molar-refractivity contribution in [1.82, 2.24) is 0 Å². The Balaban J connectivity index is 2.69. The third kappa shape index (κ3) is 3.99. The smallest absolute Gasteiger partial charge is 0.0666 e. The first-order chi connectivity index (χ1) is 7.15. The predicted octanol–water partition coefficient (Wildman–Crippen LogP) is 3.37. The number of halogens is 1. The summed E-state index contributed by atoms with van der Waals surface area (Å²) < 4.78 is 6.46. The summed E-state index contributed by atoms with van der Waals surface area (Å²) in [4.78, 5) is 0. The molecule has 1 atom stereocenters. The van der Waals surface area contributed by atoms with E-state index in [1.54, 1.807) is 7.11 Å². The molecule has 0 aliphatic carbocycles. The third-order valence-corrected chi connectivity index (χ3v) is 3.31. The molecular formula is C12H18INO. The first-order valence-corrected chi connectivity index (χ1v) is 6.23. The second-order valence-electron chi connectivity index (χ2n) is 3.93. The summed E-state index contributed by atoms with van der Waals surface area (Å²) in [6, 6.07) is 8.67. The van der Waals surface area contributed by atoms with Crippen molar-refractivity contribution in [3.8, 4) is 0 Å². The maximum absolute atomic E-state index is 5.21. The highest BCUT2D eigenvalue weighted by atomic mass is 127. The first kappa shape index (κ1) is 12.8. The van der Waals surface area contributed by atoms with Gasteiger partial charge in [0.05, 0.1) is 12.6 Å². The van der Waals surface area contributed by atoms with E-state index in [-0.39, 0.29) is 0 Å². The lowest BCUT2D eigenvalue weighted by Gasteiger charge is -2.23. The molecule has 1 unspecified atom stereocenters. The van der Waals surface area contributed by atoms with Crippen LogP contribution in [0.5, 0.6) is 0 Å². The Kier molecular flexibility index (Phi) is 5.39. The molecule has 0 radical (unpaired) electrons. The van der Waals surface area contributed by atoms with Crippen molar-refractivity contribution in [3.63, 3.8) is 0 Å². The number of hydrogen-bond acceptors (Lipinski definition) is 2. The number of anilines is 1. The first-order valence-electron chi connectivity index (χ1n) is 5.15. The van der Waals surface area contributed by atoms with Crippen LogP contribution in [0.4, 0.5) is 5.69 Å². The van der Waals surface area contributed by atoms with Crippen molar-refractivity contribution in [2.45, 2.75) is 19.9 Å². The van der Waals surface area contributed by atoms with Gasteiger partial charge in [-0.2, -0.15) is 0 Å². The molecule has 0 aromatic heterocycles. The number of benzene rings is 1. The molecule has 2 nitrogen and oxygen atoms in total. The van der Waals surface area contributed by atoms with Crippen LogP contribution in [0.25, 0.3) is 0 Å². The van der Waals surface area contributed by atoms with Gasteiger partial charge in [-0.1, -0.05) is 26.0 Å². The highest BCUT2D eigenvalue weighted by molar-refractivity contribution is 14.1. The van der Waals surface area contributed by atoms with E-state index in [9.17, 15) is 0 Å². The number of ether oxygens (including phenoxy) is 1. The predicted molar refractivity (Wildman–Crippen MR) is 73.3 cm³/mol. The van der Waals surface area contributed by atoms with E-state index in [1.807, 2.05) is 6.07 Å². The van der Waals surface area contributed by atoms with Crippen molar-refractivity contribution in [3.05, 3.63) is 27.8 Å². The molecule has 1 aromatic rings. The minimum atomic E-state index is 0.367. The van der Waals surface area contributed by atoms with Gasteiger partial charge in [0.2, 0.25) is 0 Å². The summed E-state index contributed by atoms with van der Waals surface area (Å²) in [7, 11) is 1.74. The molecular weight excluding hydrogens is 301 g/mol. The zero-order valence-corrected chi connectivity index (χ0v) is 11.6. The highest BCUT2D eigenvalue weighted by Crippen LogP contribution is 2.19. The third-order valence-electron chi connectivity index (χ3n) is 2.37. The van der Waals surface area contributed by atoms with Crippen molar-refractivity contribution in [1.29, 1.82) is 0 Å². The molecule has 3 heteroatoms. The molecule has 0 saturated heterocycles. The van der Waals surface area contributed by atoms with Gasteiger partial charge in [0.1, 0.15) is 0 Å². The van der Waals surface area contributed by atoms with Crippen LogP contribution in [0.2, 0.25) is 0 Å². The minimum Gasteiger partial charge on any atom is -0.383 e. The Hall–Kier alpha value is -0.290. The summed E-state index contributed by atoms with van der Waals surface area (Å²) in [5, 5.41) is 3.52. The van der Waals surface area contributed by atoms with Gasteiger partial charge in [0.15, 0.2) is 0 Å². The van der Waals surface area contributed by atoms with E-state index >= 15 is 0 Å². The monoisotopic (exact) mass is 319 g/mol. The molecule has 0 spiro atoms. The maximum atomic E-state index is 5.21. The zero-order valence-electron chi connectivity index (χ0n) is 9.46. The SMILES string of the molecule is COCC(Nc1ccccc1I)C(C)C. The number of para-hydroxylation sites is 1. The van der Waals surface area contributed by atoms with Crippen LogP contribution >= 0.6 is 22.6 Å². The van der Waals surface area contributed by atoms with Crippen molar-refractivity contribution in [2.24, 2.45) is 5.92 Å². The fourth-order valence-electron chi connectivity index (χ4n) is 1.36. The molecule has 84 valence electrons.